The zero-order chi connectivity index (χ0) is 7.11. The van der Waals surface area contributed by atoms with Gasteiger partial charge >= 0.3 is 0 Å². The lowest BCUT2D eigenvalue weighted by atomic mass is 10.2. The smallest absolute Gasteiger partial charge is 0.217 e. The van der Waals surface area contributed by atoms with Crippen molar-refractivity contribution in [2.24, 2.45) is 5.73 Å². The standard InChI is InChI=1S/C5H11NO2S/c6-5(7)3-1-2-4-9-8/h8H,1-4H2,(H2,6,7). The number of amides is 1. The molecule has 3 nitrogen and oxygen atoms in total. The normalized spacial score (nSPS) is 9.44. The number of hydrogen-bond donors (Lipinski definition) is 2. The summed E-state index contributed by atoms with van der Waals surface area (Å²) >= 11 is 0.801. The van der Waals surface area contributed by atoms with E-state index in [-0.39, 0.29) is 5.91 Å². The van der Waals surface area contributed by atoms with Crippen LogP contribution in [-0.4, -0.2) is 16.2 Å². The van der Waals surface area contributed by atoms with Gasteiger partial charge in [0.15, 0.2) is 0 Å². The van der Waals surface area contributed by atoms with Crippen LogP contribution in [0.1, 0.15) is 19.3 Å². The maximum Gasteiger partial charge on any atom is 0.217 e. The lowest BCUT2D eigenvalue weighted by molar-refractivity contribution is -0.118. The largest absolute Gasteiger partial charge is 0.370 e. The molecule has 0 bridgehead atoms. The molecule has 0 unspecified atom stereocenters. The molecule has 0 fully saturated rings. The lowest BCUT2D eigenvalue weighted by Gasteiger charge is -1.92. The van der Waals surface area contributed by atoms with Gasteiger partial charge in [0.2, 0.25) is 5.91 Å². The van der Waals surface area contributed by atoms with Crippen molar-refractivity contribution in [2.45, 2.75) is 19.3 Å². The average molecular weight is 149 g/mol. The summed E-state index contributed by atoms with van der Waals surface area (Å²) in [6.07, 6.45) is 2.06. The maximum absolute atomic E-state index is 10.1. The van der Waals surface area contributed by atoms with Gasteiger partial charge in [-0.25, -0.2) is 0 Å². The Balaban J connectivity index is 2.83. The van der Waals surface area contributed by atoms with Gasteiger partial charge in [0, 0.05) is 12.2 Å². The summed E-state index contributed by atoms with van der Waals surface area (Å²) in [5.74, 6) is 0.422. The van der Waals surface area contributed by atoms with Crippen molar-refractivity contribution >= 4 is 17.9 Å². The first-order valence-corrected chi connectivity index (χ1v) is 3.76. The summed E-state index contributed by atoms with van der Waals surface area (Å²) in [6.45, 7) is 0. The van der Waals surface area contributed by atoms with Crippen LogP contribution in [0.5, 0.6) is 0 Å². The molecular weight excluding hydrogens is 138 g/mol. The number of hydrogen-bond acceptors (Lipinski definition) is 3. The monoisotopic (exact) mass is 149 g/mol. The molecule has 54 valence electrons. The fourth-order valence-electron chi connectivity index (χ4n) is 0.466. The highest BCUT2D eigenvalue weighted by Crippen LogP contribution is 2.00. The van der Waals surface area contributed by atoms with E-state index in [2.05, 4.69) is 0 Å². The van der Waals surface area contributed by atoms with Crippen LogP contribution in [0.4, 0.5) is 0 Å². The topological polar surface area (TPSA) is 63.3 Å². The van der Waals surface area contributed by atoms with E-state index in [1.165, 1.54) is 0 Å². The Kier molecular flexibility index (Phi) is 5.76. The lowest BCUT2D eigenvalue weighted by Crippen LogP contribution is -2.09. The van der Waals surface area contributed by atoms with Crippen molar-refractivity contribution in [1.29, 1.82) is 0 Å². The second-order valence-corrected chi connectivity index (χ2v) is 2.42. The number of nitrogens with two attached hydrogens (primary N) is 1. The van der Waals surface area contributed by atoms with Crippen LogP contribution in [-0.2, 0) is 4.79 Å². The van der Waals surface area contributed by atoms with E-state index in [1.54, 1.807) is 0 Å². The predicted molar refractivity (Wildman–Crippen MR) is 38.1 cm³/mol. The molecule has 3 N–H and O–H groups in total. The van der Waals surface area contributed by atoms with Gasteiger partial charge < -0.3 is 10.3 Å². The first-order chi connectivity index (χ1) is 4.27. The Bertz CT molecular complexity index is 87.0. The summed E-state index contributed by atoms with van der Waals surface area (Å²) in [5, 5.41) is 0. The fourth-order valence-corrected chi connectivity index (χ4v) is 0.799. The minimum Gasteiger partial charge on any atom is -0.370 e. The first-order valence-electron chi connectivity index (χ1n) is 2.82. The average Bonchev–Trinajstić information content (AvgIpc) is 1.80. The Hall–Kier alpha value is -0.220. The zero-order valence-corrected chi connectivity index (χ0v) is 5.99. The molecule has 1 amide bonds. The first kappa shape index (κ1) is 8.78. The van der Waals surface area contributed by atoms with Crippen LogP contribution >= 0.6 is 12.0 Å². The van der Waals surface area contributed by atoms with Gasteiger partial charge in [-0.3, -0.25) is 4.79 Å². The second kappa shape index (κ2) is 5.91. The fraction of sp³-hybridized carbons (Fsp3) is 0.800. The summed E-state index contributed by atoms with van der Waals surface area (Å²) in [7, 11) is 0. The number of rotatable bonds is 5. The predicted octanol–water partition coefficient (Wildman–Crippen LogP) is 0.848. The van der Waals surface area contributed by atoms with Crippen LogP contribution < -0.4 is 5.73 Å². The van der Waals surface area contributed by atoms with Crippen molar-refractivity contribution in [3.63, 3.8) is 0 Å². The van der Waals surface area contributed by atoms with Crippen LogP contribution in [0.15, 0.2) is 0 Å². The highest BCUT2D eigenvalue weighted by Gasteiger charge is 1.92. The second-order valence-electron chi connectivity index (χ2n) is 1.76. The number of carbonyl (C=O) groups is 1. The van der Waals surface area contributed by atoms with Gasteiger partial charge in [-0.05, 0) is 24.9 Å². The Labute approximate surface area is 58.8 Å². The third-order valence-corrected chi connectivity index (χ3v) is 1.38. The number of carbonyl (C=O) groups excluding carboxylic acids is 1. The van der Waals surface area contributed by atoms with E-state index in [0.717, 1.165) is 24.9 Å². The maximum atomic E-state index is 10.1. The third kappa shape index (κ3) is 7.78. The minimum atomic E-state index is -0.266. The Morgan fingerprint density at radius 2 is 2.22 bits per heavy atom. The van der Waals surface area contributed by atoms with Crippen LogP contribution in [0.3, 0.4) is 0 Å². The van der Waals surface area contributed by atoms with E-state index in [0.29, 0.717) is 12.2 Å². The van der Waals surface area contributed by atoms with Gasteiger partial charge in [-0.1, -0.05) is 0 Å². The molecule has 0 aliphatic heterocycles. The molecule has 0 saturated heterocycles. The molecule has 0 atom stereocenters. The summed E-state index contributed by atoms with van der Waals surface area (Å²) in [5.41, 5.74) is 4.87. The van der Waals surface area contributed by atoms with Gasteiger partial charge in [-0.2, -0.15) is 0 Å². The van der Waals surface area contributed by atoms with Crippen molar-refractivity contribution in [3.05, 3.63) is 0 Å². The van der Waals surface area contributed by atoms with Crippen molar-refractivity contribution in [1.82, 2.24) is 0 Å². The van der Waals surface area contributed by atoms with E-state index in [1.807, 2.05) is 0 Å². The molecule has 0 heterocycles. The quantitative estimate of drug-likeness (QED) is 0.450. The van der Waals surface area contributed by atoms with E-state index in [4.69, 9.17) is 10.3 Å². The molecular formula is C5H11NO2S. The summed E-state index contributed by atoms with van der Waals surface area (Å²) in [6, 6.07) is 0. The van der Waals surface area contributed by atoms with Crippen molar-refractivity contribution in [2.75, 3.05) is 5.75 Å². The molecule has 9 heavy (non-hydrogen) atoms. The SMILES string of the molecule is NC(=O)CCCCSO. The van der Waals surface area contributed by atoms with Gasteiger partial charge in [0.25, 0.3) is 0 Å². The molecule has 0 aromatic rings. The highest BCUT2D eigenvalue weighted by atomic mass is 32.2. The van der Waals surface area contributed by atoms with Crippen molar-refractivity contribution in [3.8, 4) is 0 Å². The molecule has 0 aliphatic rings. The van der Waals surface area contributed by atoms with Crippen LogP contribution in [0.25, 0.3) is 0 Å². The Morgan fingerprint density at radius 3 is 2.67 bits per heavy atom. The Morgan fingerprint density at radius 1 is 1.56 bits per heavy atom. The van der Waals surface area contributed by atoms with Crippen LogP contribution in [0.2, 0.25) is 0 Å². The molecule has 4 heteroatoms. The molecule has 0 aromatic carbocycles. The third-order valence-electron chi connectivity index (χ3n) is 0.909. The molecule has 0 radical (unpaired) electrons. The van der Waals surface area contributed by atoms with E-state index in [9.17, 15) is 4.79 Å². The van der Waals surface area contributed by atoms with Crippen molar-refractivity contribution < 1.29 is 9.35 Å². The molecule has 0 rings (SSSR count). The minimum absolute atomic E-state index is 0.266. The number of primary amides is 1. The molecule has 0 spiro atoms. The summed E-state index contributed by atoms with van der Waals surface area (Å²) < 4.78 is 8.23. The molecule has 0 aliphatic carbocycles. The van der Waals surface area contributed by atoms with E-state index >= 15 is 0 Å². The summed E-state index contributed by atoms with van der Waals surface area (Å²) in [4.78, 5) is 10.1. The molecule has 0 saturated carbocycles. The molecule has 0 aromatic heterocycles. The van der Waals surface area contributed by atoms with Gasteiger partial charge in [0.05, 0.1) is 0 Å². The number of unbranched alkanes of at least 4 members (excludes halogenated alkanes) is 1. The van der Waals surface area contributed by atoms with Crippen LogP contribution in [0, 0.1) is 0 Å². The highest BCUT2D eigenvalue weighted by molar-refractivity contribution is 7.93. The van der Waals surface area contributed by atoms with Gasteiger partial charge in [-0.15, -0.1) is 0 Å². The van der Waals surface area contributed by atoms with Gasteiger partial charge in [0.1, 0.15) is 0 Å². The van der Waals surface area contributed by atoms with E-state index < -0.39 is 0 Å². The zero-order valence-electron chi connectivity index (χ0n) is 5.17.